The summed E-state index contributed by atoms with van der Waals surface area (Å²) in [4.78, 5) is 28.0. The highest BCUT2D eigenvalue weighted by atomic mass is 16.5. The zero-order valence-electron chi connectivity index (χ0n) is 14.1. The molecule has 1 aliphatic carbocycles. The van der Waals surface area contributed by atoms with Crippen LogP contribution in [0.25, 0.3) is 0 Å². The van der Waals surface area contributed by atoms with Crippen molar-refractivity contribution in [3.63, 3.8) is 0 Å². The zero-order valence-corrected chi connectivity index (χ0v) is 14.1. The maximum atomic E-state index is 12.3. The summed E-state index contributed by atoms with van der Waals surface area (Å²) >= 11 is 0. The lowest BCUT2D eigenvalue weighted by Crippen LogP contribution is -2.51. The van der Waals surface area contributed by atoms with Gasteiger partial charge in [-0.2, -0.15) is 4.98 Å². The highest BCUT2D eigenvalue weighted by Gasteiger charge is 2.31. The van der Waals surface area contributed by atoms with E-state index in [-0.39, 0.29) is 0 Å². The molecule has 7 nitrogen and oxygen atoms in total. The van der Waals surface area contributed by atoms with Gasteiger partial charge in [0.25, 0.3) is 0 Å². The number of carbonyl (C=O) groups is 1. The Labute approximate surface area is 142 Å². The molecule has 130 valence electrons. The normalized spacial score (nSPS) is 22.4. The van der Waals surface area contributed by atoms with Crippen molar-refractivity contribution >= 4 is 17.7 Å². The van der Waals surface area contributed by atoms with E-state index in [2.05, 4.69) is 14.8 Å². The van der Waals surface area contributed by atoms with Gasteiger partial charge < -0.3 is 19.4 Å². The number of hydrogen-bond acceptors (Lipinski definition) is 6. The van der Waals surface area contributed by atoms with Gasteiger partial charge in [-0.15, -0.1) is 0 Å². The average molecular weight is 331 g/mol. The van der Waals surface area contributed by atoms with E-state index in [4.69, 9.17) is 9.72 Å². The number of piperazine rings is 1. The molecule has 24 heavy (non-hydrogen) atoms. The number of hydrogen-bond donors (Lipinski definition) is 0. The molecule has 1 amide bonds. The SMILES string of the molecule is O=C(C1CCC1)N1CCN(c2ccnc(N3CCOCC3)n2)CC1. The molecule has 0 bridgehead atoms. The maximum absolute atomic E-state index is 12.3. The topological polar surface area (TPSA) is 61.8 Å². The van der Waals surface area contributed by atoms with E-state index in [0.717, 1.165) is 77.1 Å². The molecular weight excluding hydrogens is 306 g/mol. The van der Waals surface area contributed by atoms with Crippen molar-refractivity contribution in [1.82, 2.24) is 14.9 Å². The fourth-order valence-corrected chi connectivity index (χ4v) is 3.50. The number of aromatic nitrogens is 2. The standard InChI is InChI=1S/C17H25N5O2/c23-16(14-2-1-3-14)21-8-6-20(7-9-21)15-4-5-18-17(19-15)22-10-12-24-13-11-22/h4-5,14H,1-3,6-13H2. The van der Waals surface area contributed by atoms with Crippen molar-refractivity contribution in [3.8, 4) is 0 Å². The van der Waals surface area contributed by atoms with Crippen molar-refractivity contribution in [1.29, 1.82) is 0 Å². The average Bonchev–Trinajstić information content (AvgIpc) is 2.61. The second-order valence-electron chi connectivity index (χ2n) is 6.75. The smallest absolute Gasteiger partial charge is 0.227 e. The molecule has 4 rings (SSSR count). The molecule has 0 N–H and O–H groups in total. The lowest BCUT2D eigenvalue weighted by molar-refractivity contribution is -0.138. The van der Waals surface area contributed by atoms with Gasteiger partial charge in [0, 0.05) is 51.4 Å². The van der Waals surface area contributed by atoms with Crippen molar-refractivity contribution in [2.75, 3.05) is 62.3 Å². The summed E-state index contributed by atoms with van der Waals surface area (Å²) < 4.78 is 5.39. The first-order chi connectivity index (χ1) is 11.8. The Balaban J connectivity index is 1.37. The van der Waals surface area contributed by atoms with Crippen LogP contribution in [-0.4, -0.2) is 73.3 Å². The quantitative estimate of drug-likeness (QED) is 0.815. The Bertz CT molecular complexity index is 578. The third-order valence-electron chi connectivity index (χ3n) is 5.29. The van der Waals surface area contributed by atoms with Gasteiger partial charge in [-0.05, 0) is 18.9 Å². The summed E-state index contributed by atoms with van der Waals surface area (Å²) in [5, 5.41) is 0. The second-order valence-corrected chi connectivity index (χ2v) is 6.75. The minimum Gasteiger partial charge on any atom is -0.378 e. The van der Waals surface area contributed by atoms with Gasteiger partial charge in [0.05, 0.1) is 13.2 Å². The minimum atomic E-state index is 0.295. The van der Waals surface area contributed by atoms with Gasteiger partial charge in [0.1, 0.15) is 5.82 Å². The molecule has 2 saturated heterocycles. The van der Waals surface area contributed by atoms with Crippen LogP contribution in [0.2, 0.25) is 0 Å². The van der Waals surface area contributed by atoms with Gasteiger partial charge in [0.2, 0.25) is 11.9 Å². The molecular formula is C17H25N5O2. The highest BCUT2D eigenvalue weighted by molar-refractivity contribution is 5.79. The monoisotopic (exact) mass is 331 g/mol. The van der Waals surface area contributed by atoms with Crippen LogP contribution in [-0.2, 0) is 9.53 Å². The van der Waals surface area contributed by atoms with Gasteiger partial charge >= 0.3 is 0 Å². The van der Waals surface area contributed by atoms with Crippen LogP contribution in [0.5, 0.6) is 0 Å². The minimum absolute atomic E-state index is 0.295. The molecule has 1 aromatic rings. The predicted molar refractivity (Wildman–Crippen MR) is 91.2 cm³/mol. The fraction of sp³-hybridized carbons (Fsp3) is 0.706. The highest BCUT2D eigenvalue weighted by Crippen LogP contribution is 2.29. The lowest BCUT2D eigenvalue weighted by atomic mass is 9.84. The molecule has 0 atom stereocenters. The van der Waals surface area contributed by atoms with E-state index in [9.17, 15) is 4.79 Å². The summed E-state index contributed by atoms with van der Waals surface area (Å²) in [7, 11) is 0. The number of ether oxygens (including phenoxy) is 1. The lowest BCUT2D eigenvalue weighted by Gasteiger charge is -2.38. The van der Waals surface area contributed by atoms with Crippen LogP contribution in [0.3, 0.4) is 0 Å². The zero-order chi connectivity index (χ0) is 16.4. The van der Waals surface area contributed by atoms with E-state index >= 15 is 0 Å². The van der Waals surface area contributed by atoms with Crippen LogP contribution in [0.15, 0.2) is 12.3 Å². The Hall–Kier alpha value is -1.89. The predicted octanol–water partition coefficient (Wildman–Crippen LogP) is 0.762. The number of carbonyl (C=O) groups excluding carboxylic acids is 1. The van der Waals surface area contributed by atoms with Crippen molar-refractivity contribution in [2.45, 2.75) is 19.3 Å². The van der Waals surface area contributed by atoms with Gasteiger partial charge in [-0.25, -0.2) is 4.98 Å². The molecule has 3 heterocycles. The molecule has 0 radical (unpaired) electrons. The summed E-state index contributed by atoms with van der Waals surface area (Å²) in [5.41, 5.74) is 0. The molecule has 0 spiro atoms. The third-order valence-corrected chi connectivity index (χ3v) is 5.29. The Morgan fingerprint density at radius 1 is 1.04 bits per heavy atom. The molecule has 3 aliphatic rings. The first-order valence-corrected chi connectivity index (χ1v) is 9.01. The summed E-state index contributed by atoms with van der Waals surface area (Å²) in [6.07, 6.45) is 5.20. The van der Waals surface area contributed by atoms with Crippen molar-refractivity contribution in [3.05, 3.63) is 12.3 Å². The molecule has 0 aromatic carbocycles. The van der Waals surface area contributed by atoms with Crippen LogP contribution in [0.1, 0.15) is 19.3 Å². The molecule has 1 saturated carbocycles. The third kappa shape index (κ3) is 3.17. The summed E-state index contributed by atoms with van der Waals surface area (Å²) in [5.74, 6) is 2.40. The number of anilines is 2. The van der Waals surface area contributed by atoms with E-state index in [1.807, 2.05) is 17.2 Å². The largest absolute Gasteiger partial charge is 0.378 e. The van der Waals surface area contributed by atoms with Crippen LogP contribution < -0.4 is 9.80 Å². The second kappa shape index (κ2) is 6.93. The first kappa shape index (κ1) is 15.6. The summed E-state index contributed by atoms with van der Waals surface area (Å²) in [6.45, 7) is 6.43. The number of nitrogens with zero attached hydrogens (tertiary/aromatic N) is 5. The van der Waals surface area contributed by atoms with Crippen LogP contribution in [0.4, 0.5) is 11.8 Å². The molecule has 2 aliphatic heterocycles. The van der Waals surface area contributed by atoms with Gasteiger partial charge in [-0.3, -0.25) is 4.79 Å². The van der Waals surface area contributed by atoms with Gasteiger partial charge in [-0.1, -0.05) is 6.42 Å². The Kier molecular flexibility index (Phi) is 4.51. The molecule has 3 fully saturated rings. The van der Waals surface area contributed by atoms with Crippen molar-refractivity contribution in [2.24, 2.45) is 5.92 Å². The van der Waals surface area contributed by atoms with Crippen molar-refractivity contribution < 1.29 is 9.53 Å². The van der Waals surface area contributed by atoms with Crippen LogP contribution in [0, 0.1) is 5.92 Å². The van der Waals surface area contributed by atoms with Gasteiger partial charge in [0.15, 0.2) is 0 Å². The first-order valence-electron chi connectivity index (χ1n) is 9.01. The molecule has 0 unspecified atom stereocenters. The number of rotatable bonds is 3. The maximum Gasteiger partial charge on any atom is 0.227 e. The summed E-state index contributed by atoms with van der Waals surface area (Å²) in [6, 6.07) is 1.97. The van der Waals surface area contributed by atoms with E-state index in [1.54, 1.807) is 0 Å². The van der Waals surface area contributed by atoms with E-state index in [0.29, 0.717) is 11.8 Å². The fourth-order valence-electron chi connectivity index (χ4n) is 3.50. The van der Waals surface area contributed by atoms with E-state index < -0.39 is 0 Å². The van der Waals surface area contributed by atoms with E-state index in [1.165, 1.54) is 6.42 Å². The van der Waals surface area contributed by atoms with Crippen LogP contribution >= 0.6 is 0 Å². The molecule has 7 heteroatoms. The Morgan fingerprint density at radius 3 is 2.46 bits per heavy atom. The number of amides is 1. The number of morpholine rings is 1. The molecule has 1 aromatic heterocycles. The Morgan fingerprint density at radius 2 is 1.79 bits per heavy atom.